The molecule has 0 saturated heterocycles. The predicted octanol–water partition coefficient (Wildman–Crippen LogP) is 2.49. The highest BCUT2D eigenvalue weighted by atomic mass is 35.5. The van der Waals surface area contributed by atoms with Gasteiger partial charge < -0.3 is 10.6 Å². The van der Waals surface area contributed by atoms with Gasteiger partial charge in [0.15, 0.2) is 11.6 Å². The Hall–Kier alpha value is -2.04. The van der Waals surface area contributed by atoms with Crippen LogP contribution in [0.1, 0.15) is 43.0 Å². The first-order chi connectivity index (χ1) is 13.8. The average molecular weight is 441 g/mol. The number of nitrogens with zero attached hydrogens (tertiary/aromatic N) is 3. The van der Waals surface area contributed by atoms with E-state index < -0.39 is 15.8 Å². The van der Waals surface area contributed by atoms with Crippen LogP contribution in [0.3, 0.4) is 0 Å². The van der Waals surface area contributed by atoms with Crippen LogP contribution in [0.4, 0.5) is 16.0 Å². The molecule has 1 fully saturated rings. The van der Waals surface area contributed by atoms with Crippen LogP contribution in [0.5, 0.6) is 0 Å². The molecule has 0 aromatic carbocycles. The van der Waals surface area contributed by atoms with Crippen molar-refractivity contribution < 1.29 is 12.8 Å². The Morgan fingerprint density at radius 3 is 2.72 bits per heavy atom. The lowest BCUT2D eigenvalue weighted by molar-refractivity contribution is 0.377. The lowest BCUT2D eigenvalue weighted by Gasteiger charge is -2.32. The van der Waals surface area contributed by atoms with Crippen LogP contribution in [0.25, 0.3) is 0 Å². The Labute approximate surface area is 173 Å². The molecule has 3 heterocycles. The summed E-state index contributed by atoms with van der Waals surface area (Å²) in [5.74, 6) is 0.464. The summed E-state index contributed by atoms with van der Waals surface area (Å²) in [6.07, 6.45) is 7.10. The molecule has 0 amide bonds. The standard InChI is InChI=1S/C18H22ClFN6O2S/c1-29(27,28)26-15-5-3-2-4-14(15)24-18-13(20)9-23-17(25-18)12-8-22-16-11(12)6-10(19)7-21-16/h6-7,9,12,14-15,26H,2-5,8H2,1H3,(H,21,22)(H,23,24,25)/t12?,14-,15?/m1/s1. The van der Waals surface area contributed by atoms with Crippen molar-refractivity contribution in [2.24, 2.45) is 0 Å². The van der Waals surface area contributed by atoms with Crippen molar-refractivity contribution in [3.63, 3.8) is 0 Å². The molecule has 0 radical (unpaired) electrons. The Bertz CT molecular complexity index is 1020. The first kappa shape index (κ1) is 20.2. The highest BCUT2D eigenvalue weighted by Gasteiger charge is 2.31. The number of hydrogen-bond donors (Lipinski definition) is 3. The fourth-order valence-electron chi connectivity index (χ4n) is 3.95. The molecule has 29 heavy (non-hydrogen) atoms. The van der Waals surface area contributed by atoms with Gasteiger partial charge in [0.25, 0.3) is 0 Å². The third-order valence-corrected chi connectivity index (χ3v) is 6.20. The molecule has 1 aliphatic carbocycles. The van der Waals surface area contributed by atoms with Crippen molar-refractivity contribution in [3.05, 3.63) is 40.7 Å². The van der Waals surface area contributed by atoms with E-state index in [1.54, 1.807) is 6.20 Å². The average Bonchev–Trinajstić information content (AvgIpc) is 3.07. The summed E-state index contributed by atoms with van der Waals surface area (Å²) in [6, 6.07) is 1.25. The summed E-state index contributed by atoms with van der Waals surface area (Å²) in [7, 11) is -3.36. The number of anilines is 2. The molecule has 0 spiro atoms. The van der Waals surface area contributed by atoms with Gasteiger partial charge in [0.2, 0.25) is 10.0 Å². The highest BCUT2D eigenvalue weighted by Crippen LogP contribution is 2.35. The van der Waals surface area contributed by atoms with Gasteiger partial charge >= 0.3 is 0 Å². The van der Waals surface area contributed by atoms with E-state index in [1.165, 1.54) is 0 Å². The molecule has 2 aromatic heterocycles. The number of sulfonamides is 1. The summed E-state index contributed by atoms with van der Waals surface area (Å²) in [4.78, 5) is 12.9. The smallest absolute Gasteiger partial charge is 0.209 e. The number of halogens is 2. The van der Waals surface area contributed by atoms with E-state index >= 15 is 0 Å². The second-order valence-electron chi connectivity index (χ2n) is 7.48. The third-order valence-electron chi connectivity index (χ3n) is 5.26. The number of hydrogen-bond acceptors (Lipinski definition) is 7. The van der Waals surface area contributed by atoms with Crippen molar-refractivity contribution in [3.8, 4) is 0 Å². The molecular formula is C18H22ClFN6O2S. The van der Waals surface area contributed by atoms with Crippen LogP contribution < -0.4 is 15.4 Å². The first-order valence-corrected chi connectivity index (χ1v) is 11.7. The maximum atomic E-state index is 14.5. The fraction of sp³-hybridized carbons (Fsp3) is 0.500. The Morgan fingerprint density at radius 1 is 1.21 bits per heavy atom. The van der Waals surface area contributed by atoms with E-state index in [-0.39, 0.29) is 23.8 Å². The van der Waals surface area contributed by atoms with Gasteiger partial charge in [-0.3, -0.25) is 0 Å². The summed E-state index contributed by atoms with van der Waals surface area (Å²) >= 11 is 6.07. The van der Waals surface area contributed by atoms with Crippen LogP contribution in [0.15, 0.2) is 18.5 Å². The lowest BCUT2D eigenvalue weighted by Crippen LogP contribution is -2.48. The Morgan fingerprint density at radius 2 is 1.97 bits per heavy atom. The predicted molar refractivity (Wildman–Crippen MR) is 109 cm³/mol. The maximum Gasteiger partial charge on any atom is 0.209 e. The van der Waals surface area contributed by atoms with Crippen LogP contribution in [-0.2, 0) is 10.0 Å². The fourth-order valence-corrected chi connectivity index (χ4v) is 4.95. The number of nitrogens with one attached hydrogen (secondary N) is 3. The zero-order valence-electron chi connectivity index (χ0n) is 15.8. The van der Waals surface area contributed by atoms with E-state index in [4.69, 9.17) is 11.6 Å². The number of aromatic nitrogens is 3. The molecular weight excluding hydrogens is 419 g/mol. The van der Waals surface area contributed by atoms with Gasteiger partial charge in [-0.05, 0) is 18.9 Å². The number of rotatable bonds is 5. The maximum absolute atomic E-state index is 14.5. The van der Waals surface area contributed by atoms with Gasteiger partial charge in [-0.1, -0.05) is 24.4 Å². The van der Waals surface area contributed by atoms with Crippen LogP contribution in [0.2, 0.25) is 5.02 Å². The number of fused-ring (bicyclic) bond motifs is 1. The minimum absolute atomic E-state index is 0.0747. The zero-order chi connectivity index (χ0) is 20.6. The molecule has 2 aliphatic rings. The van der Waals surface area contributed by atoms with E-state index in [0.717, 1.165) is 37.3 Å². The SMILES string of the molecule is CS(=O)(=O)NC1CCCC[C@H]1Nc1nc(C2CNc3ncc(Cl)cc32)ncc1F. The van der Waals surface area contributed by atoms with Crippen LogP contribution in [-0.4, -0.2) is 48.3 Å². The van der Waals surface area contributed by atoms with Crippen LogP contribution >= 0.6 is 11.6 Å². The third kappa shape index (κ3) is 4.59. The Balaban J connectivity index is 1.59. The van der Waals surface area contributed by atoms with Gasteiger partial charge in [0, 0.05) is 30.4 Å². The summed E-state index contributed by atoms with van der Waals surface area (Å²) in [6.45, 7) is 0.537. The molecule has 2 unspecified atom stereocenters. The topological polar surface area (TPSA) is 109 Å². The van der Waals surface area contributed by atoms with Gasteiger partial charge in [0.05, 0.1) is 23.4 Å². The molecule has 11 heteroatoms. The quantitative estimate of drug-likeness (QED) is 0.655. The van der Waals surface area contributed by atoms with Crippen molar-refractivity contribution >= 4 is 33.3 Å². The van der Waals surface area contributed by atoms with E-state index in [2.05, 4.69) is 30.3 Å². The number of pyridine rings is 1. The molecule has 0 bridgehead atoms. The molecule has 8 nitrogen and oxygen atoms in total. The summed E-state index contributed by atoms with van der Waals surface area (Å²) in [5, 5.41) is 6.80. The minimum Gasteiger partial charge on any atom is -0.369 e. The molecule has 4 rings (SSSR count). The molecule has 1 aliphatic heterocycles. The van der Waals surface area contributed by atoms with Crippen molar-refractivity contribution in [2.75, 3.05) is 23.4 Å². The van der Waals surface area contributed by atoms with Gasteiger partial charge in [-0.25, -0.2) is 32.5 Å². The van der Waals surface area contributed by atoms with Crippen molar-refractivity contribution in [1.82, 2.24) is 19.7 Å². The minimum atomic E-state index is -3.36. The molecule has 3 N–H and O–H groups in total. The molecule has 156 valence electrons. The van der Waals surface area contributed by atoms with E-state index in [0.29, 0.717) is 29.6 Å². The highest BCUT2D eigenvalue weighted by molar-refractivity contribution is 7.88. The molecule has 3 atom stereocenters. The molecule has 2 aromatic rings. The van der Waals surface area contributed by atoms with E-state index in [9.17, 15) is 12.8 Å². The van der Waals surface area contributed by atoms with Gasteiger partial charge in [-0.15, -0.1) is 0 Å². The first-order valence-electron chi connectivity index (χ1n) is 9.46. The summed E-state index contributed by atoms with van der Waals surface area (Å²) < 4.78 is 40.5. The van der Waals surface area contributed by atoms with Gasteiger partial charge in [-0.2, -0.15) is 0 Å². The normalized spacial score (nSPS) is 24.0. The second kappa shape index (κ2) is 8.00. The largest absolute Gasteiger partial charge is 0.369 e. The van der Waals surface area contributed by atoms with Gasteiger partial charge in [0.1, 0.15) is 11.6 Å². The molecule has 1 saturated carbocycles. The lowest BCUT2D eigenvalue weighted by atomic mass is 9.91. The summed E-state index contributed by atoms with van der Waals surface area (Å²) in [5.41, 5.74) is 0.865. The second-order valence-corrected chi connectivity index (χ2v) is 9.70. The van der Waals surface area contributed by atoms with E-state index in [1.807, 2.05) is 6.07 Å². The van der Waals surface area contributed by atoms with Crippen molar-refractivity contribution in [1.29, 1.82) is 0 Å². The van der Waals surface area contributed by atoms with Crippen molar-refractivity contribution in [2.45, 2.75) is 43.7 Å². The van der Waals surface area contributed by atoms with Crippen LogP contribution in [0, 0.1) is 5.82 Å². The zero-order valence-corrected chi connectivity index (χ0v) is 17.4. The Kier molecular flexibility index (Phi) is 5.58. The monoisotopic (exact) mass is 440 g/mol.